The molecule has 7 heteroatoms. The minimum absolute atomic E-state index is 0.0951. The third kappa shape index (κ3) is 4.75. The molecule has 29 heavy (non-hydrogen) atoms. The topological polar surface area (TPSA) is 79.6 Å². The normalized spacial score (nSPS) is 15.1. The van der Waals surface area contributed by atoms with Crippen molar-refractivity contribution in [2.24, 2.45) is 7.05 Å². The monoisotopic (exact) mass is 394 g/mol. The van der Waals surface area contributed by atoms with Gasteiger partial charge in [-0.25, -0.2) is 4.98 Å². The molecule has 1 aliphatic heterocycles. The molecule has 2 N–H and O–H groups in total. The highest BCUT2D eigenvalue weighted by Crippen LogP contribution is 2.19. The van der Waals surface area contributed by atoms with E-state index < -0.39 is 6.10 Å². The van der Waals surface area contributed by atoms with Crippen molar-refractivity contribution in [2.45, 2.75) is 19.1 Å². The van der Waals surface area contributed by atoms with Crippen molar-refractivity contribution >= 4 is 16.9 Å². The Hall–Kier alpha value is -2.90. The minimum Gasteiger partial charge on any atom is -0.484 e. The van der Waals surface area contributed by atoms with Crippen molar-refractivity contribution in [3.05, 3.63) is 59.9 Å². The van der Waals surface area contributed by atoms with Gasteiger partial charge in [-0.1, -0.05) is 24.3 Å². The second-order valence-electron chi connectivity index (χ2n) is 7.51. The Bertz CT molecular complexity index is 1000. The molecule has 3 aromatic rings. The molecule has 0 aliphatic carbocycles. The summed E-state index contributed by atoms with van der Waals surface area (Å²) in [6, 6.07) is 14.0. The van der Waals surface area contributed by atoms with Gasteiger partial charge in [0.1, 0.15) is 5.75 Å². The van der Waals surface area contributed by atoms with E-state index in [0.717, 1.165) is 30.5 Å². The smallest absolute Gasteiger partial charge is 0.258 e. The molecule has 0 fully saturated rings. The number of rotatable bonds is 7. The number of nitrogens with zero attached hydrogens (tertiary/aromatic N) is 3. The maximum absolute atomic E-state index is 12.1. The van der Waals surface area contributed by atoms with Crippen LogP contribution in [0.2, 0.25) is 0 Å². The number of imidazole rings is 1. The van der Waals surface area contributed by atoms with Crippen LogP contribution in [0, 0.1) is 0 Å². The summed E-state index contributed by atoms with van der Waals surface area (Å²) < 4.78 is 7.48. The lowest BCUT2D eigenvalue weighted by molar-refractivity contribution is -0.123. The summed E-state index contributed by atoms with van der Waals surface area (Å²) in [6.07, 6.45) is 2.11. The average Bonchev–Trinajstić information content (AvgIpc) is 3.11. The third-order valence-electron chi connectivity index (χ3n) is 5.28. The van der Waals surface area contributed by atoms with E-state index in [1.54, 1.807) is 6.33 Å². The number of carbonyl (C=O) groups excluding carboxylic acids is 1. The van der Waals surface area contributed by atoms with Crippen LogP contribution in [0.25, 0.3) is 11.0 Å². The summed E-state index contributed by atoms with van der Waals surface area (Å²) in [4.78, 5) is 18.6. The molecule has 1 amide bonds. The molecule has 0 radical (unpaired) electrons. The third-order valence-corrected chi connectivity index (χ3v) is 5.28. The maximum atomic E-state index is 12.1. The minimum atomic E-state index is -0.617. The van der Waals surface area contributed by atoms with E-state index in [2.05, 4.69) is 33.4 Å². The van der Waals surface area contributed by atoms with Gasteiger partial charge in [0.25, 0.3) is 5.91 Å². The van der Waals surface area contributed by atoms with Gasteiger partial charge in [-0.2, -0.15) is 0 Å². The first-order valence-corrected chi connectivity index (χ1v) is 9.86. The number of carbonyl (C=O) groups is 1. The molecule has 2 aromatic carbocycles. The van der Waals surface area contributed by atoms with E-state index in [4.69, 9.17) is 4.74 Å². The fraction of sp³-hybridized carbons (Fsp3) is 0.364. The highest BCUT2D eigenvalue weighted by atomic mass is 16.5. The van der Waals surface area contributed by atoms with Crippen molar-refractivity contribution in [3.8, 4) is 5.75 Å². The number of benzene rings is 2. The highest BCUT2D eigenvalue weighted by molar-refractivity contribution is 5.79. The lowest BCUT2D eigenvalue weighted by Crippen LogP contribution is -2.42. The summed E-state index contributed by atoms with van der Waals surface area (Å²) in [6.45, 7) is 2.40. The Morgan fingerprint density at radius 1 is 1.28 bits per heavy atom. The van der Waals surface area contributed by atoms with Gasteiger partial charge in [-0.15, -0.1) is 0 Å². The molecule has 2 heterocycles. The quantitative estimate of drug-likeness (QED) is 0.635. The Morgan fingerprint density at radius 3 is 2.97 bits per heavy atom. The first kappa shape index (κ1) is 19.4. The van der Waals surface area contributed by atoms with Crippen LogP contribution in [0.4, 0.5) is 0 Å². The zero-order chi connectivity index (χ0) is 20.2. The number of ether oxygens (including phenoxy) is 1. The number of hydrogen-bond acceptors (Lipinski definition) is 5. The van der Waals surface area contributed by atoms with E-state index >= 15 is 0 Å². The second-order valence-corrected chi connectivity index (χ2v) is 7.51. The van der Waals surface area contributed by atoms with E-state index in [1.807, 2.05) is 35.9 Å². The summed E-state index contributed by atoms with van der Waals surface area (Å²) in [7, 11) is 1.93. The fourth-order valence-electron chi connectivity index (χ4n) is 3.71. The SMILES string of the molecule is Cn1cnc2cc(OCC(=O)NCC(O)CN3CCc4ccccc4C3)ccc21. The fourth-order valence-corrected chi connectivity index (χ4v) is 3.71. The summed E-state index contributed by atoms with van der Waals surface area (Å²) in [5.41, 5.74) is 4.52. The average molecular weight is 394 g/mol. The van der Waals surface area contributed by atoms with Gasteiger partial charge in [0.15, 0.2) is 6.61 Å². The Labute approximate surface area is 169 Å². The molecular formula is C22H26N4O3. The summed E-state index contributed by atoms with van der Waals surface area (Å²) in [5, 5.41) is 13.0. The van der Waals surface area contributed by atoms with Gasteiger partial charge in [0, 0.05) is 39.3 Å². The van der Waals surface area contributed by atoms with Gasteiger partial charge in [0.2, 0.25) is 0 Å². The molecule has 0 saturated heterocycles. The molecule has 152 valence electrons. The van der Waals surface area contributed by atoms with Gasteiger partial charge >= 0.3 is 0 Å². The van der Waals surface area contributed by atoms with E-state index in [1.165, 1.54) is 11.1 Å². The summed E-state index contributed by atoms with van der Waals surface area (Å²) >= 11 is 0. The number of aromatic nitrogens is 2. The van der Waals surface area contributed by atoms with Crippen LogP contribution in [-0.4, -0.2) is 57.8 Å². The molecule has 1 unspecified atom stereocenters. The second kappa shape index (κ2) is 8.63. The van der Waals surface area contributed by atoms with Gasteiger partial charge in [0.05, 0.1) is 23.5 Å². The first-order valence-electron chi connectivity index (χ1n) is 9.86. The van der Waals surface area contributed by atoms with Crippen LogP contribution in [0.1, 0.15) is 11.1 Å². The number of β-amino-alcohol motifs (C(OH)–C–C–N with tert-alkyl or cyclic N) is 1. The number of aryl methyl sites for hydroxylation is 1. The number of nitrogens with one attached hydrogen (secondary N) is 1. The number of aliphatic hydroxyl groups is 1. The maximum Gasteiger partial charge on any atom is 0.258 e. The van der Waals surface area contributed by atoms with Crippen molar-refractivity contribution in [1.29, 1.82) is 0 Å². The van der Waals surface area contributed by atoms with Crippen LogP contribution in [0.5, 0.6) is 5.75 Å². The lowest BCUT2D eigenvalue weighted by atomic mass is 10.00. The zero-order valence-corrected chi connectivity index (χ0v) is 16.5. The molecule has 7 nitrogen and oxygen atoms in total. The lowest BCUT2D eigenvalue weighted by Gasteiger charge is -2.30. The standard InChI is InChI=1S/C22H26N4O3/c1-25-15-24-20-10-19(6-7-21(20)25)29-14-22(28)23-11-18(27)13-26-9-8-16-4-2-3-5-17(16)12-26/h2-7,10,15,18,27H,8-9,11-14H2,1H3,(H,23,28). The van der Waals surface area contributed by atoms with Crippen molar-refractivity contribution < 1.29 is 14.6 Å². The molecular weight excluding hydrogens is 368 g/mol. The van der Waals surface area contributed by atoms with Crippen molar-refractivity contribution in [2.75, 3.05) is 26.2 Å². The highest BCUT2D eigenvalue weighted by Gasteiger charge is 2.18. The molecule has 0 spiro atoms. The Morgan fingerprint density at radius 2 is 2.10 bits per heavy atom. The first-order chi connectivity index (χ1) is 14.1. The molecule has 0 bridgehead atoms. The predicted octanol–water partition coefficient (Wildman–Crippen LogP) is 1.49. The Kier molecular flexibility index (Phi) is 5.78. The molecule has 1 aliphatic rings. The molecule has 4 rings (SSSR count). The Balaban J connectivity index is 1.20. The van der Waals surface area contributed by atoms with E-state index in [-0.39, 0.29) is 19.1 Å². The number of hydrogen-bond donors (Lipinski definition) is 2. The van der Waals surface area contributed by atoms with Crippen LogP contribution in [0.15, 0.2) is 48.8 Å². The number of amides is 1. The van der Waals surface area contributed by atoms with Crippen LogP contribution in [0.3, 0.4) is 0 Å². The van der Waals surface area contributed by atoms with Crippen molar-refractivity contribution in [3.63, 3.8) is 0 Å². The molecule has 1 aromatic heterocycles. The van der Waals surface area contributed by atoms with Crippen LogP contribution >= 0.6 is 0 Å². The largest absolute Gasteiger partial charge is 0.484 e. The predicted molar refractivity (Wildman–Crippen MR) is 111 cm³/mol. The van der Waals surface area contributed by atoms with E-state index in [9.17, 15) is 9.90 Å². The van der Waals surface area contributed by atoms with E-state index in [0.29, 0.717) is 12.3 Å². The number of fused-ring (bicyclic) bond motifs is 2. The van der Waals surface area contributed by atoms with Gasteiger partial charge < -0.3 is 19.7 Å². The van der Waals surface area contributed by atoms with Crippen LogP contribution < -0.4 is 10.1 Å². The zero-order valence-electron chi connectivity index (χ0n) is 16.5. The van der Waals surface area contributed by atoms with Crippen LogP contribution in [-0.2, 0) is 24.8 Å². The summed E-state index contributed by atoms with van der Waals surface area (Å²) in [5.74, 6) is 0.341. The molecule has 1 atom stereocenters. The number of aliphatic hydroxyl groups excluding tert-OH is 1. The van der Waals surface area contributed by atoms with Crippen molar-refractivity contribution in [1.82, 2.24) is 19.8 Å². The van der Waals surface area contributed by atoms with Gasteiger partial charge in [-0.3, -0.25) is 9.69 Å². The molecule has 0 saturated carbocycles. The van der Waals surface area contributed by atoms with Gasteiger partial charge in [-0.05, 0) is 29.7 Å².